The fraction of sp³-hybridized carbons (Fsp3) is 0.550. The van der Waals surface area contributed by atoms with Crippen molar-refractivity contribution in [1.29, 1.82) is 0 Å². The Hall–Kier alpha value is -3.01. The lowest BCUT2D eigenvalue weighted by Crippen LogP contribution is -2.42. The molecule has 5 heterocycles. The number of nitrogens with zero attached hydrogens (tertiary/aromatic N) is 8. The number of fused-ring (bicyclic) bond motifs is 1. The first-order chi connectivity index (χ1) is 14.6. The van der Waals surface area contributed by atoms with Crippen LogP contribution in [0.15, 0.2) is 23.4 Å². The Kier molecular flexibility index (Phi) is 4.86. The maximum Gasteiger partial charge on any atom is 0.269 e. The molecule has 0 spiro atoms. The van der Waals surface area contributed by atoms with Crippen LogP contribution in [0.4, 0.5) is 11.5 Å². The Bertz CT molecular complexity index is 1120. The molecule has 0 radical (unpaired) electrons. The van der Waals surface area contributed by atoms with Gasteiger partial charge in [-0.1, -0.05) is 0 Å². The van der Waals surface area contributed by atoms with Gasteiger partial charge in [-0.05, 0) is 26.7 Å². The lowest BCUT2D eigenvalue weighted by Gasteiger charge is -2.35. The van der Waals surface area contributed by atoms with Crippen molar-refractivity contribution in [2.45, 2.75) is 32.7 Å². The van der Waals surface area contributed by atoms with Crippen LogP contribution in [-0.4, -0.2) is 68.8 Å². The Morgan fingerprint density at radius 2 is 1.93 bits per heavy atom. The molecule has 2 saturated heterocycles. The van der Waals surface area contributed by atoms with E-state index in [1.165, 1.54) is 6.33 Å². The molecule has 10 heteroatoms. The summed E-state index contributed by atoms with van der Waals surface area (Å²) in [6, 6.07) is 1.71. The van der Waals surface area contributed by atoms with Crippen molar-refractivity contribution in [3.8, 4) is 0 Å². The number of rotatable bonds is 3. The summed E-state index contributed by atoms with van der Waals surface area (Å²) in [5, 5.41) is 8.92. The molecule has 158 valence electrons. The molecule has 0 aliphatic carbocycles. The minimum atomic E-state index is -0.0561. The molecule has 0 aromatic carbocycles. The van der Waals surface area contributed by atoms with Crippen LogP contribution in [0.3, 0.4) is 0 Å². The van der Waals surface area contributed by atoms with Crippen LogP contribution >= 0.6 is 0 Å². The molecule has 3 aromatic heterocycles. The minimum absolute atomic E-state index is 0.0106. The van der Waals surface area contributed by atoms with Gasteiger partial charge in [0.15, 0.2) is 0 Å². The van der Waals surface area contributed by atoms with Crippen LogP contribution in [-0.2, 0) is 4.74 Å². The fourth-order valence-electron chi connectivity index (χ4n) is 4.41. The second kappa shape index (κ2) is 7.67. The molecule has 2 fully saturated rings. The molecule has 0 bridgehead atoms. The third-order valence-corrected chi connectivity index (χ3v) is 6.11. The van der Waals surface area contributed by atoms with Gasteiger partial charge in [0.05, 0.1) is 31.1 Å². The largest absolute Gasteiger partial charge is 0.378 e. The summed E-state index contributed by atoms with van der Waals surface area (Å²) >= 11 is 0. The Balaban J connectivity index is 1.43. The van der Waals surface area contributed by atoms with Gasteiger partial charge in [-0.25, -0.2) is 9.67 Å². The van der Waals surface area contributed by atoms with Gasteiger partial charge in [0.1, 0.15) is 12.1 Å². The van der Waals surface area contributed by atoms with Crippen molar-refractivity contribution in [2.24, 2.45) is 0 Å². The van der Waals surface area contributed by atoms with Crippen molar-refractivity contribution in [3.05, 3.63) is 40.2 Å². The van der Waals surface area contributed by atoms with Crippen molar-refractivity contribution in [3.63, 3.8) is 0 Å². The zero-order chi connectivity index (χ0) is 20.7. The molecule has 0 N–H and O–H groups in total. The van der Waals surface area contributed by atoms with Crippen molar-refractivity contribution in [2.75, 3.05) is 49.2 Å². The van der Waals surface area contributed by atoms with Crippen LogP contribution in [0.25, 0.3) is 5.78 Å². The van der Waals surface area contributed by atoms with Crippen LogP contribution in [0.1, 0.15) is 30.1 Å². The summed E-state index contributed by atoms with van der Waals surface area (Å²) in [5.74, 6) is 1.60. The molecule has 2 aliphatic heterocycles. The SMILES string of the molecule is Cc1nc2ncnn2c(N2CCCC(n3ncc(N4CCOCC4)cc3=O)C2)c1C. The van der Waals surface area contributed by atoms with Crippen LogP contribution < -0.4 is 15.4 Å². The van der Waals surface area contributed by atoms with Crippen molar-refractivity contribution < 1.29 is 4.74 Å². The van der Waals surface area contributed by atoms with Gasteiger partial charge < -0.3 is 14.5 Å². The normalized spacial score (nSPS) is 20.1. The summed E-state index contributed by atoms with van der Waals surface area (Å²) in [5.41, 5.74) is 2.84. The van der Waals surface area contributed by atoms with Crippen LogP contribution in [0.5, 0.6) is 0 Å². The lowest BCUT2D eigenvalue weighted by atomic mass is 10.0. The van der Waals surface area contributed by atoms with Crippen molar-refractivity contribution in [1.82, 2.24) is 29.4 Å². The van der Waals surface area contributed by atoms with Crippen LogP contribution in [0, 0.1) is 13.8 Å². The molecule has 1 atom stereocenters. The molecule has 3 aromatic rings. The first-order valence-electron chi connectivity index (χ1n) is 10.5. The standard InChI is InChI=1S/C20H26N8O2/c1-14-15(2)24-20-21-13-23-28(20)19(14)26-5-3-4-16(12-26)27-18(29)10-17(11-22-27)25-6-8-30-9-7-25/h10-11,13,16H,3-9,12H2,1-2H3. The van der Waals surface area contributed by atoms with E-state index in [4.69, 9.17) is 4.74 Å². The topological polar surface area (TPSA) is 93.7 Å². The van der Waals surface area contributed by atoms with Crippen molar-refractivity contribution >= 4 is 17.3 Å². The highest BCUT2D eigenvalue weighted by atomic mass is 16.5. The van der Waals surface area contributed by atoms with Gasteiger partial charge in [0, 0.05) is 43.5 Å². The average molecular weight is 410 g/mol. The number of anilines is 2. The number of aryl methyl sites for hydroxylation is 1. The summed E-state index contributed by atoms with van der Waals surface area (Å²) in [6.45, 7) is 8.59. The predicted octanol–water partition coefficient (Wildman–Crippen LogP) is 0.976. The number of morpholine rings is 1. The number of ether oxygens (including phenoxy) is 1. The van der Waals surface area contributed by atoms with E-state index in [9.17, 15) is 4.79 Å². The van der Waals surface area contributed by atoms with Gasteiger partial charge in [-0.3, -0.25) is 4.79 Å². The first kappa shape index (κ1) is 19.0. The van der Waals surface area contributed by atoms with E-state index in [2.05, 4.69) is 36.9 Å². The highest BCUT2D eigenvalue weighted by molar-refractivity contribution is 5.54. The van der Waals surface area contributed by atoms with Gasteiger partial charge >= 0.3 is 0 Å². The number of hydrogen-bond donors (Lipinski definition) is 0. The van der Waals surface area contributed by atoms with E-state index in [0.29, 0.717) is 25.5 Å². The predicted molar refractivity (Wildman–Crippen MR) is 112 cm³/mol. The maximum atomic E-state index is 12.9. The van der Waals surface area contributed by atoms with E-state index in [0.717, 1.165) is 55.2 Å². The van der Waals surface area contributed by atoms with E-state index >= 15 is 0 Å². The third-order valence-electron chi connectivity index (χ3n) is 6.11. The lowest BCUT2D eigenvalue weighted by molar-refractivity contribution is 0.122. The molecule has 2 aliphatic rings. The third kappa shape index (κ3) is 3.30. The number of piperidine rings is 1. The summed E-state index contributed by atoms with van der Waals surface area (Å²) < 4.78 is 8.83. The molecular formula is C20H26N8O2. The van der Waals surface area contributed by atoms with E-state index < -0.39 is 0 Å². The van der Waals surface area contributed by atoms with E-state index in [1.54, 1.807) is 15.3 Å². The van der Waals surface area contributed by atoms with Gasteiger partial charge in [-0.2, -0.15) is 19.7 Å². The highest BCUT2D eigenvalue weighted by Gasteiger charge is 2.27. The van der Waals surface area contributed by atoms with Gasteiger partial charge in [0.2, 0.25) is 0 Å². The molecule has 5 rings (SSSR count). The fourth-order valence-corrected chi connectivity index (χ4v) is 4.41. The monoisotopic (exact) mass is 410 g/mol. The molecule has 1 unspecified atom stereocenters. The van der Waals surface area contributed by atoms with Gasteiger partial charge in [-0.15, -0.1) is 0 Å². The summed E-state index contributed by atoms with van der Waals surface area (Å²) in [7, 11) is 0. The Morgan fingerprint density at radius 3 is 2.73 bits per heavy atom. The smallest absolute Gasteiger partial charge is 0.269 e. The zero-order valence-corrected chi connectivity index (χ0v) is 17.4. The van der Waals surface area contributed by atoms with E-state index in [1.807, 2.05) is 13.1 Å². The Morgan fingerprint density at radius 1 is 1.10 bits per heavy atom. The van der Waals surface area contributed by atoms with Crippen LogP contribution in [0.2, 0.25) is 0 Å². The highest BCUT2D eigenvalue weighted by Crippen LogP contribution is 2.28. The Labute approximate surface area is 174 Å². The summed E-state index contributed by atoms with van der Waals surface area (Å²) in [6.07, 6.45) is 5.23. The molecule has 0 amide bonds. The molecule has 30 heavy (non-hydrogen) atoms. The summed E-state index contributed by atoms with van der Waals surface area (Å²) in [4.78, 5) is 26.1. The molecule has 0 saturated carbocycles. The minimum Gasteiger partial charge on any atom is -0.378 e. The zero-order valence-electron chi connectivity index (χ0n) is 17.4. The molecule has 10 nitrogen and oxygen atoms in total. The first-order valence-corrected chi connectivity index (χ1v) is 10.5. The second-order valence-corrected chi connectivity index (χ2v) is 7.96. The van der Waals surface area contributed by atoms with Gasteiger partial charge in [0.25, 0.3) is 11.3 Å². The number of hydrogen-bond acceptors (Lipinski definition) is 8. The molecular weight excluding hydrogens is 384 g/mol. The average Bonchev–Trinajstić information content (AvgIpc) is 3.23. The maximum absolute atomic E-state index is 12.9. The quantitative estimate of drug-likeness (QED) is 0.631. The van der Waals surface area contributed by atoms with E-state index in [-0.39, 0.29) is 11.6 Å². The number of aromatic nitrogens is 6. The second-order valence-electron chi connectivity index (χ2n) is 7.96.